The van der Waals surface area contributed by atoms with Crippen LogP contribution in [0.5, 0.6) is 5.75 Å². The van der Waals surface area contributed by atoms with Gasteiger partial charge in [0.2, 0.25) is 0 Å². The number of rotatable bonds is 5. The van der Waals surface area contributed by atoms with Gasteiger partial charge in [0.15, 0.2) is 0 Å². The van der Waals surface area contributed by atoms with E-state index in [2.05, 4.69) is 44.1 Å². The first-order chi connectivity index (χ1) is 9.06. The normalized spacial score (nSPS) is 10.9. The topological polar surface area (TPSA) is 53.1 Å². The molecule has 0 aliphatic carbocycles. The quantitative estimate of drug-likeness (QED) is 0.898. The molecule has 2 N–H and O–H groups in total. The van der Waals surface area contributed by atoms with E-state index in [-0.39, 0.29) is 0 Å². The minimum Gasteiger partial charge on any atom is -0.491 e. The van der Waals surface area contributed by atoms with Crippen LogP contribution in [0.2, 0.25) is 0 Å². The molecule has 4 heteroatoms. The van der Waals surface area contributed by atoms with Crippen LogP contribution in [0.25, 0.3) is 0 Å². The van der Waals surface area contributed by atoms with Crippen molar-refractivity contribution >= 4 is 5.69 Å². The largest absolute Gasteiger partial charge is 0.491 e. The smallest absolute Gasteiger partial charge is 0.123 e. The lowest BCUT2D eigenvalue weighted by Gasteiger charge is -2.14. The number of hydrogen-bond donors (Lipinski definition) is 1. The van der Waals surface area contributed by atoms with Gasteiger partial charge in [0.05, 0.1) is 18.4 Å². The van der Waals surface area contributed by atoms with Crippen LogP contribution in [0.4, 0.5) is 5.69 Å². The van der Waals surface area contributed by atoms with Gasteiger partial charge in [0.1, 0.15) is 12.4 Å². The fraction of sp³-hybridized carbons (Fsp3) is 0.400. The summed E-state index contributed by atoms with van der Waals surface area (Å²) in [4.78, 5) is 0. The maximum Gasteiger partial charge on any atom is 0.123 e. The highest BCUT2D eigenvalue weighted by molar-refractivity contribution is 5.39. The van der Waals surface area contributed by atoms with Gasteiger partial charge in [0.25, 0.3) is 0 Å². The molecule has 0 atom stereocenters. The third kappa shape index (κ3) is 3.50. The summed E-state index contributed by atoms with van der Waals surface area (Å²) >= 11 is 0. The van der Waals surface area contributed by atoms with Crippen molar-refractivity contribution in [3.8, 4) is 5.75 Å². The zero-order valence-electron chi connectivity index (χ0n) is 11.8. The molecule has 1 heterocycles. The molecule has 0 unspecified atom stereocenters. The number of aryl methyl sites for hydroxylation is 1. The van der Waals surface area contributed by atoms with Crippen LogP contribution < -0.4 is 10.5 Å². The van der Waals surface area contributed by atoms with Crippen LogP contribution in [0, 0.1) is 6.92 Å². The van der Waals surface area contributed by atoms with Crippen molar-refractivity contribution in [3.63, 3.8) is 0 Å². The molecule has 4 nitrogen and oxygen atoms in total. The number of aromatic nitrogens is 2. The van der Waals surface area contributed by atoms with Gasteiger partial charge in [-0.25, -0.2) is 0 Å². The average Bonchev–Trinajstić information content (AvgIpc) is 2.75. The summed E-state index contributed by atoms with van der Waals surface area (Å²) in [6, 6.07) is 6.35. The van der Waals surface area contributed by atoms with Gasteiger partial charge < -0.3 is 10.5 Å². The Kier molecular flexibility index (Phi) is 4.10. The molecule has 0 fully saturated rings. The molecule has 2 aromatic rings. The van der Waals surface area contributed by atoms with Crippen LogP contribution in [0.15, 0.2) is 30.6 Å². The zero-order chi connectivity index (χ0) is 13.8. The molecule has 0 saturated carbocycles. The summed E-state index contributed by atoms with van der Waals surface area (Å²) in [7, 11) is 0. The Morgan fingerprint density at radius 3 is 2.79 bits per heavy atom. The van der Waals surface area contributed by atoms with Crippen LogP contribution in [-0.2, 0) is 6.54 Å². The SMILES string of the molecule is Cc1ccc(C(C)C)c(OCCn2cc(N)cn2)c1. The van der Waals surface area contributed by atoms with E-state index >= 15 is 0 Å². The molecule has 0 aliphatic rings. The molecular formula is C15H21N3O. The molecule has 102 valence electrons. The lowest BCUT2D eigenvalue weighted by molar-refractivity contribution is 0.287. The molecule has 0 spiro atoms. The molecule has 1 aromatic carbocycles. The highest BCUT2D eigenvalue weighted by atomic mass is 16.5. The van der Waals surface area contributed by atoms with E-state index in [4.69, 9.17) is 10.5 Å². The molecule has 2 rings (SSSR count). The molecule has 0 aliphatic heterocycles. The van der Waals surface area contributed by atoms with Crippen molar-refractivity contribution in [3.05, 3.63) is 41.7 Å². The van der Waals surface area contributed by atoms with Crippen LogP contribution in [0.3, 0.4) is 0 Å². The average molecular weight is 259 g/mol. The summed E-state index contributed by atoms with van der Waals surface area (Å²) < 4.78 is 7.68. The zero-order valence-corrected chi connectivity index (χ0v) is 11.8. The van der Waals surface area contributed by atoms with Crippen LogP contribution in [-0.4, -0.2) is 16.4 Å². The Labute approximate surface area is 114 Å². The van der Waals surface area contributed by atoms with Crippen LogP contribution in [0.1, 0.15) is 30.9 Å². The maximum atomic E-state index is 5.89. The predicted molar refractivity (Wildman–Crippen MR) is 77.4 cm³/mol. The van der Waals surface area contributed by atoms with Gasteiger partial charge >= 0.3 is 0 Å². The second-order valence-electron chi connectivity index (χ2n) is 5.08. The van der Waals surface area contributed by atoms with Crippen molar-refractivity contribution in [2.24, 2.45) is 0 Å². The van der Waals surface area contributed by atoms with Crippen molar-refractivity contribution in [1.29, 1.82) is 0 Å². The minimum absolute atomic E-state index is 0.455. The molecule has 0 saturated heterocycles. The number of benzene rings is 1. The molecule has 0 bridgehead atoms. The van der Waals surface area contributed by atoms with Crippen molar-refractivity contribution < 1.29 is 4.74 Å². The number of ether oxygens (including phenoxy) is 1. The van der Waals surface area contributed by atoms with Gasteiger partial charge in [-0.2, -0.15) is 5.10 Å². The van der Waals surface area contributed by atoms with E-state index in [0.717, 1.165) is 5.75 Å². The van der Waals surface area contributed by atoms with E-state index < -0.39 is 0 Å². The first-order valence-corrected chi connectivity index (χ1v) is 6.57. The van der Waals surface area contributed by atoms with E-state index in [1.54, 1.807) is 10.9 Å². The maximum absolute atomic E-state index is 5.89. The van der Waals surface area contributed by atoms with Gasteiger partial charge in [-0.15, -0.1) is 0 Å². The van der Waals surface area contributed by atoms with E-state index in [1.165, 1.54) is 11.1 Å². The number of nitrogens with two attached hydrogens (primary N) is 1. The molecule has 1 aromatic heterocycles. The number of anilines is 1. The van der Waals surface area contributed by atoms with E-state index in [0.29, 0.717) is 24.8 Å². The summed E-state index contributed by atoms with van der Waals surface area (Å²) in [5.74, 6) is 1.42. The Morgan fingerprint density at radius 1 is 1.37 bits per heavy atom. The van der Waals surface area contributed by atoms with Crippen molar-refractivity contribution in [1.82, 2.24) is 9.78 Å². The predicted octanol–water partition coefficient (Wildman–Crippen LogP) is 2.98. The van der Waals surface area contributed by atoms with Gasteiger partial charge in [-0.3, -0.25) is 4.68 Å². The Balaban J connectivity index is 2.00. The van der Waals surface area contributed by atoms with Gasteiger partial charge in [0, 0.05) is 6.20 Å². The van der Waals surface area contributed by atoms with Crippen LogP contribution >= 0.6 is 0 Å². The molecular weight excluding hydrogens is 238 g/mol. The number of nitrogen functional groups attached to an aromatic ring is 1. The molecule has 19 heavy (non-hydrogen) atoms. The Bertz CT molecular complexity index is 546. The first kappa shape index (κ1) is 13.5. The van der Waals surface area contributed by atoms with Crippen molar-refractivity contribution in [2.75, 3.05) is 12.3 Å². The lowest BCUT2D eigenvalue weighted by Crippen LogP contribution is -2.10. The third-order valence-electron chi connectivity index (χ3n) is 3.02. The summed E-state index contributed by atoms with van der Waals surface area (Å²) in [5, 5.41) is 4.13. The summed E-state index contributed by atoms with van der Waals surface area (Å²) in [5.41, 5.74) is 8.75. The molecule has 0 amide bonds. The summed E-state index contributed by atoms with van der Waals surface area (Å²) in [6.07, 6.45) is 3.45. The number of nitrogens with zero attached hydrogens (tertiary/aromatic N) is 2. The second-order valence-corrected chi connectivity index (χ2v) is 5.08. The van der Waals surface area contributed by atoms with E-state index in [1.807, 2.05) is 6.20 Å². The number of hydrogen-bond acceptors (Lipinski definition) is 3. The first-order valence-electron chi connectivity index (χ1n) is 6.57. The summed E-state index contributed by atoms with van der Waals surface area (Å²) in [6.45, 7) is 7.70. The monoisotopic (exact) mass is 259 g/mol. The van der Waals surface area contributed by atoms with Gasteiger partial charge in [-0.05, 0) is 30.0 Å². The second kappa shape index (κ2) is 5.78. The fourth-order valence-corrected chi connectivity index (χ4v) is 1.99. The van der Waals surface area contributed by atoms with E-state index in [9.17, 15) is 0 Å². The van der Waals surface area contributed by atoms with Gasteiger partial charge in [-0.1, -0.05) is 26.0 Å². The highest BCUT2D eigenvalue weighted by Gasteiger charge is 2.08. The third-order valence-corrected chi connectivity index (χ3v) is 3.02. The standard InChI is InChI=1S/C15H21N3O/c1-11(2)14-5-4-12(3)8-15(14)19-7-6-18-10-13(16)9-17-18/h4-5,8-11H,6-7,16H2,1-3H3. The minimum atomic E-state index is 0.455. The fourth-order valence-electron chi connectivity index (χ4n) is 1.99. The van der Waals surface area contributed by atoms with Crippen molar-refractivity contribution in [2.45, 2.75) is 33.2 Å². The lowest BCUT2D eigenvalue weighted by atomic mass is 10.0. The molecule has 0 radical (unpaired) electrons. The Hall–Kier alpha value is -1.97. The Morgan fingerprint density at radius 2 is 2.16 bits per heavy atom. The highest BCUT2D eigenvalue weighted by Crippen LogP contribution is 2.27.